The van der Waals surface area contributed by atoms with Gasteiger partial charge in [-0.05, 0) is 67.9 Å². The number of amides is 1. The van der Waals surface area contributed by atoms with Crippen LogP contribution in [0.3, 0.4) is 0 Å². The molecule has 0 atom stereocenters. The predicted octanol–water partition coefficient (Wildman–Crippen LogP) is 5.56. The number of nitrogens with two attached hydrogens (primary N) is 1. The Morgan fingerprint density at radius 2 is 1.58 bits per heavy atom. The number of alkyl halides is 3. The van der Waals surface area contributed by atoms with Crippen molar-refractivity contribution in [3.63, 3.8) is 0 Å². The van der Waals surface area contributed by atoms with Gasteiger partial charge in [0.2, 0.25) is 0 Å². The molecule has 3 heterocycles. The van der Waals surface area contributed by atoms with Gasteiger partial charge in [-0.15, -0.1) is 5.10 Å². The second-order valence-corrected chi connectivity index (χ2v) is 9.10. The summed E-state index contributed by atoms with van der Waals surface area (Å²) in [6.45, 7) is 3.89. The molecule has 0 bridgehead atoms. The molecule has 2 aromatic carbocycles. The highest BCUT2D eigenvalue weighted by atomic mass is 19.4. The number of aryl methyl sites for hydroxylation is 2. The summed E-state index contributed by atoms with van der Waals surface area (Å²) in [4.78, 5) is 33.9. The molecule has 0 aliphatic heterocycles. The van der Waals surface area contributed by atoms with Crippen molar-refractivity contribution < 1.29 is 27.9 Å². The molecule has 0 aliphatic carbocycles. The maximum atomic E-state index is 11.8. The number of carboxylic acid groups (broad SMARTS) is 1. The number of nitrogens with zero attached hydrogens (tertiary/aromatic N) is 5. The lowest BCUT2D eigenvalue weighted by Crippen LogP contribution is -2.21. The van der Waals surface area contributed by atoms with E-state index in [0.717, 1.165) is 33.9 Å². The summed E-state index contributed by atoms with van der Waals surface area (Å²) in [5.41, 5.74) is 11.9. The highest BCUT2D eigenvalue weighted by Crippen LogP contribution is 2.27. The van der Waals surface area contributed by atoms with Gasteiger partial charge in [0.15, 0.2) is 5.82 Å². The molecule has 0 unspecified atom stereocenters. The number of benzene rings is 2. The van der Waals surface area contributed by atoms with Gasteiger partial charge in [0, 0.05) is 41.1 Å². The summed E-state index contributed by atoms with van der Waals surface area (Å²) in [7, 11) is 0. The minimum absolute atomic E-state index is 0.425. The van der Waals surface area contributed by atoms with Crippen molar-refractivity contribution in [2.24, 2.45) is 5.73 Å². The average Bonchev–Trinajstić information content (AvgIpc) is 3.46. The van der Waals surface area contributed by atoms with Crippen LogP contribution < -0.4 is 16.4 Å². The second-order valence-electron chi connectivity index (χ2n) is 9.10. The lowest BCUT2D eigenvalue weighted by atomic mass is 10.1. The molecule has 3 aromatic heterocycles. The lowest BCUT2D eigenvalue weighted by Gasteiger charge is -2.14. The van der Waals surface area contributed by atoms with Crippen LogP contribution in [0.2, 0.25) is 0 Å². The Morgan fingerprint density at radius 1 is 0.884 bits per heavy atom. The number of halogens is 3. The van der Waals surface area contributed by atoms with Gasteiger partial charge < -0.3 is 21.5 Å². The molecule has 0 radical (unpaired) electrons. The van der Waals surface area contributed by atoms with Gasteiger partial charge in [-0.1, -0.05) is 12.1 Å². The number of carbonyl (C=O) groups excluding carboxylic acids is 1. The maximum Gasteiger partial charge on any atom is 0.490 e. The summed E-state index contributed by atoms with van der Waals surface area (Å²) >= 11 is 0. The van der Waals surface area contributed by atoms with E-state index < -0.39 is 18.1 Å². The normalized spacial score (nSPS) is 10.8. The van der Waals surface area contributed by atoms with Crippen molar-refractivity contribution >= 4 is 34.8 Å². The number of nitrogens with one attached hydrogen (secondary N) is 2. The van der Waals surface area contributed by atoms with Gasteiger partial charge in [-0.25, -0.2) is 19.4 Å². The minimum atomic E-state index is -5.08. The van der Waals surface area contributed by atoms with E-state index in [2.05, 4.69) is 30.7 Å². The Labute approximate surface area is 243 Å². The molecule has 0 saturated heterocycles. The number of hydrogen-bond donors (Lipinski definition) is 4. The van der Waals surface area contributed by atoms with Crippen molar-refractivity contribution in [2.45, 2.75) is 20.0 Å². The molecule has 1 amide bonds. The third-order valence-corrected chi connectivity index (χ3v) is 5.87. The fourth-order valence-electron chi connectivity index (χ4n) is 3.64. The minimum Gasteiger partial charge on any atom is -0.475 e. The van der Waals surface area contributed by atoms with Crippen molar-refractivity contribution in [1.82, 2.24) is 24.7 Å². The van der Waals surface area contributed by atoms with Crippen molar-refractivity contribution in [3.8, 4) is 17.1 Å². The monoisotopic (exact) mass is 590 g/mol. The fraction of sp³-hybridized carbons (Fsp3) is 0.103. The number of anilines is 4. The molecule has 0 spiro atoms. The number of primary amides is 1. The van der Waals surface area contributed by atoms with Gasteiger partial charge in [-0.3, -0.25) is 9.78 Å². The molecule has 14 heteroatoms. The van der Waals surface area contributed by atoms with E-state index in [1.165, 1.54) is 0 Å². The van der Waals surface area contributed by atoms with Gasteiger partial charge >= 0.3 is 12.1 Å². The number of aromatic nitrogens is 5. The van der Waals surface area contributed by atoms with Gasteiger partial charge in [0.05, 0.1) is 16.9 Å². The van der Waals surface area contributed by atoms with E-state index in [9.17, 15) is 18.0 Å². The number of para-hydroxylation sites is 1. The highest BCUT2D eigenvalue weighted by molar-refractivity contribution is 5.99. The Kier molecular flexibility index (Phi) is 8.99. The molecule has 11 nitrogen and oxygen atoms in total. The number of rotatable bonds is 7. The van der Waals surface area contributed by atoms with E-state index in [1.807, 2.05) is 68.4 Å². The molecule has 5 rings (SSSR count). The second kappa shape index (κ2) is 12.8. The largest absolute Gasteiger partial charge is 0.490 e. The molecule has 5 N–H and O–H groups in total. The van der Waals surface area contributed by atoms with E-state index in [1.54, 1.807) is 35.5 Å². The predicted molar refractivity (Wildman–Crippen MR) is 154 cm³/mol. The zero-order valence-corrected chi connectivity index (χ0v) is 22.8. The molecule has 0 saturated carbocycles. The average molecular weight is 591 g/mol. The molecule has 43 heavy (non-hydrogen) atoms. The Hall–Kier alpha value is -5.79. The zero-order valence-electron chi connectivity index (χ0n) is 22.8. The van der Waals surface area contributed by atoms with Crippen LogP contribution in [-0.2, 0) is 4.79 Å². The summed E-state index contributed by atoms with van der Waals surface area (Å²) < 4.78 is 33.5. The number of pyridine rings is 2. The number of carboxylic acids is 1. The van der Waals surface area contributed by atoms with Crippen molar-refractivity contribution in [3.05, 3.63) is 102 Å². The molecule has 5 aromatic rings. The van der Waals surface area contributed by atoms with Gasteiger partial charge in [0.1, 0.15) is 12.1 Å². The van der Waals surface area contributed by atoms with Gasteiger partial charge in [0.25, 0.3) is 5.91 Å². The number of carbonyl (C=O) groups is 2. The van der Waals surface area contributed by atoms with Crippen LogP contribution in [0.25, 0.3) is 17.1 Å². The maximum absolute atomic E-state index is 11.8. The third kappa shape index (κ3) is 7.91. The molecule has 0 aliphatic rings. The van der Waals surface area contributed by atoms with Crippen LogP contribution in [0.1, 0.15) is 21.6 Å². The third-order valence-electron chi connectivity index (χ3n) is 5.87. The smallest absolute Gasteiger partial charge is 0.475 e. The number of hydrogen-bond acceptors (Lipinski definition) is 8. The van der Waals surface area contributed by atoms with Crippen LogP contribution in [-0.4, -0.2) is 47.9 Å². The Balaban J connectivity index is 0.000000541. The van der Waals surface area contributed by atoms with Crippen LogP contribution in [0.5, 0.6) is 0 Å². The summed E-state index contributed by atoms with van der Waals surface area (Å²) in [5.74, 6) is -1.97. The summed E-state index contributed by atoms with van der Waals surface area (Å²) in [5, 5.41) is 18.3. The quantitative estimate of drug-likeness (QED) is 0.190. The van der Waals surface area contributed by atoms with Crippen molar-refractivity contribution in [1.29, 1.82) is 0 Å². The first-order valence-electron chi connectivity index (χ1n) is 12.6. The SMILES string of the molecule is Cc1ccc(-c2ncn(-c3ccc(Nc4cc(Nc5ccccc5C(N)=O)c(C)cn4)cc3)n2)cn1.O=C(O)C(F)(F)F. The van der Waals surface area contributed by atoms with Crippen LogP contribution in [0.4, 0.5) is 36.1 Å². The van der Waals surface area contributed by atoms with E-state index in [-0.39, 0.29) is 0 Å². The standard InChI is InChI=1S/C27H24N8O.C2HF3O2/c1-17-14-30-25(13-24(17)33-23-6-4-3-5-22(23)26(28)36)32-20-9-11-21(12-10-20)35-16-31-27(34-35)19-8-7-18(2)29-15-19;3-2(4,5)1(6)7/h3-16H,1-2H3,(H2,28,36)(H2,30,32,33);(H,6,7). The molecular weight excluding hydrogens is 565 g/mol. The van der Waals surface area contributed by atoms with Gasteiger partial charge in [-0.2, -0.15) is 13.2 Å². The van der Waals surface area contributed by atoms with Crippen LogP contribution >= 0.6 is 0 Å². The lowest BCUT2D eigenvalue weighted by molar-refractivity contribution is -0.192. The first-order chi connectivity index (χ1) is 20.4. The molecular formula is C29H25F3N8O3. The first kappa shape index (κ1) is 30.2. The topological polar surface area (TPSA) is 161 Å². The van der Waals surface area contributed by atoms with Crippen LogP contribution in [0.15, 0.2) is 85.5 Å². The zero-order chi connectivity index (χ0) is 31.1. The summed E-state index contributed by atoms with van der Waals surface area (Å²) in [6.07, 6.45) is 0.135. The Morgan fingerprint density at radius 3 is 2.21 bits per heavy atom. The van der Waals surface area contributed by atoms with E-state index in [4.69, 9.17) is 15.6 Å². The van der Waals surface area contributed by atoms with Crippen molar-refractivity contribution in [2.75, 3.05) is 10.6 Å². The van der Waals surface area contributed by atoms with E-state index in [0.29, 0.717) is 22.9 Å². The fourth-order valence-corrected chi connectivity index (χ4v) is 3.64. The first-order valence-corrected chi connectivity index (χ1v) is 12.6. The van der Waals surface area contributed by atoms with Crippen LogP contribution in [0, 0.1) is 13.8 Å². The highest BCUT2D eigenvalue weighted by Gasteiger charge is 2.38. The number of aliphatic carboxylic acids is 1. The summed E-state index contributed by atoms with van der Waals surface area (Å²) in [6, 6.07) is 20.7. The Bertz CT molecular complexity index is 1740. The van der Waals surface area contributed by atoms with E-state index >= 15 is 0 Å². The molecule has 220 valence electrons. The molecule has 0 fully saturated rings.